The molecule has 1 aromatic carbocycles. The lowest BCUT2D eigenvalue weighted by atomic mass is 10.3. The van der Waals surface area contributed by atoms with E-state index < -0.39 is 5.91 Å². The van der Waals surface area contributed by atoms with E-state index in [4.69, 9.17) is 23.2 Å². The van der Waals surface area contributed by atoms with E-state index in [2.05, 4.69) is 20.5 Å². The highest BCUT2D eigenvalue weighted by Crippen LogP contribution is 2.22. The predicted octanol–water partition coefficient (Wildman–Crippen LogP) is 2.36. The highest BCUT2D eigenvalue weighted by atomic mass is 35.5. The minimum atomic E-state index is -0.431. The van der Waals surface area contributed by atoms with Crippen molar-refractivity contribution in [1.82, 2.24) is 15.2 Å². The zero-order valence-corrected chi connectivity index (χ0v) is 9.38. The third kappa shape index (κ3) is 2.50. The summed E-state index contributed by atoms with van der Waals surface area (Å²) >= 11 is 11.6. The molecule has 16 heavy (non-hydrogen) atoms. The first kappa shape index (κ1) is 10.9. The normalized spacial score (nSPS) is 10.1. The van der Waals surface area contributed by atoms with Gasteiger partial charge in [0.15, 0.2) is 0 Å². The summed E-state index contributed by atoms with van der Waals surface area (Å²) in [7, 11) is 0. The van der Waals surface area contributed by atoms with E-state index >= 15 is 0 Å². The van der Waals surface area contributed by atoms with Crippen molar-refractivity contribution < 1.29 is 4.79 Å². The number of aromatic nitrogens is 3. The van der Waals surface area contributed by atoms with Gasteiger partial charge in [-0.15, -0.1) is 5.10 Å². The number of nitrogens with zero attached hydrogens (tertiary/aromatic N) is 2. The van der Waals surface area contributed by atoms with Crippen molar-refractivity contribution in [1.29, 1.82) is 0 Å². The quantitative estimate of drug-likeness (QED) is 0.867. The molecule has 0 spiro atoms. The Kier molecular flexibility index (Phi) is 3.07. The first-order valence-corrected chi connectivity index (χ1v) is 5.04. The summed E-state index contributed by atoms with van der Waals surface area (Å²) in [5.41, 5.74) is 0.493. The second-order valence-corrected chi connectivity index (χ2v) is 3.81. The third-order valence-electron chi connectivity index (χ3n) is 1.74. The third-order valence-corrected chi connectivity index (χ3v) is 2.17. The van der Waals surface area contributed by atoms with Gasteiger partial charge in [0, 0.05) is 15.7 Å². The minimum absolute atomic E-state index is 0.0519. The van der Waals surface area contributed by atoms with E-state index in [1.807, 2.05) is 0 Å². The molecule has 1 aromatic heterocycles. The summed E-state index contributed by atoms with van der Waals surface area (Å²) in [6, 6.07) is 4.74. The number of amides is 1. The number of carbonyl (C=O) groups is 1. The zero-order chi connectivity index (χ0) is 11.5. The molecule has 0 saturated heterocycles. The van der Waals surface area contributed by atoms with Gasteiger partial charge in [-0.25, -0.2) is 4.98 Å². The molecule has 0 fully saturated rings. The lowest BCUT2D eigenvalue weighted by molar-refractivity contribution is 0.101. The molecular weight excluding hydrogens is 251 g/mol. The van der Waals surface area contributed by atoms with Gasteiger partial charge in [0.1, 0.15) is 6.33 Å². The van der Waals surface area contributed by atoms with Gasteiger partial charge in [-0.3, -0.25) is 9.89 Å². The van der Waals surface area contributed by atoms with E-state index in [9.17, 15) is 4.79 Å². The van der Waals surface area contributed by atoms with Crippen LogP contribution in [0.3, 0.4) is 0 Å². The molecule has 5 nitrogen and oxygen atoms in total. The molecule has 0 radical (unpaired) electrons. The zero-order valence-electron chi connectivity index (χ0n) is 7.87. The van der Waals surface area contributed by atoms with Crippen molar-refractivity contribution in [3.63, 3.8) is 0 Å². The van der Waals surface area contributed by atoms with Gasteiger partial charge in [0.05, 0.1) is 0 Å². The standard InChI is InChI=1S/C9H6Cl2N4O/c10-5-1-6(11)3-7(2-5)14-9(16)8-12-4-13-15-8/h1-4H,(H,14,16)(H,12,13,15). The highest BCUT2D eigenvalue weighted by Gasteiger charge is 2.10. The fourth-order valence-electron chi connectivity index (χ4n) is 1.13. The number of halogens is 2. The average Bonchev–Trinajstić information content (AvgIpc) is 2.68. The number of rotatable bonds is 2. The average molecular weight is 257 g/mol. The molecule has 0 aliphatic carbocycles. The van der Waals surface area contributed by atoms with Gasteiger partial charge < -0.3 is 5.32 Å². The van der Waals surface area contributed by atoms with Crippen LogP contribution in [0.25, 0.3) is 0 Å². The van der Waals surface area contributed by atoms with E-state index in [1.165, 1.54) is 6.33 Å². The molecule has 0 atom stereocenters. The predicted molar refractivity (Wildman–Crippen MR) is 60.8 cm³/mol. The molecule has 0 aliphatic rings. The lowest BCUT2D eigenvalue weighted by Crippen LogP contribution is -2.13. The van der Waals surface area contributed by atoms with Crippen LogP contribution in [0.5, 0.6) is 0 Å². The molecule has 7 heteroatoms. The van der Waals surface area contributed by atoms with Crippen molar-refractivity contribution >= 4 is 34.8 Å². The molecular formula is C9H6Cl2N4O. The Morgan fingerprint density at radius 3 is 2.50 bits per heavy atom. The molecule has 1 amide bonds. The number of aromatic amines is 1. The number of hydrogen-bond donors (Lipinski definition) is 2. The molecule has 82 valence electrons. The van der Waals surface area contributed by atoms with Crippen LogP contribution in [0.4, 0.5) is 5.69 Å². The number of H-pyrrole nitrogens is 1. The van der Waals surface area contributed by atoms with E-state index in [0.29, 0.717) is 15.7 Å². The monoisotopic (exact) mass is 256 g/mol. The largest absolute Gasteiger partial charge is 0.319 e. The Balaban J connectivity index is 2.18. The molecule has 0 bridgehead atoms. The number of hydrogen-bond acceptors (Lipinski definition) is 3. The van der Waals surface area contributed by atoms with Crippen LogP contribution in [0, 0.1) is 0 Å². The Labute approximate surface area is 101 Å². The van der Waals surface area contributed by atoms with E-state index in [-0.39, 0.29) is 5.82 Å². The van der Waals surface area contributed by atoms with Crippen LogP contribution < -0.4 is 5.32 Å². The van der Waals surface area contributed by atoms with Gasteiger partial charge in [0.25, 0.3) is 5.91 Å². The second-order valence-electron chi connectivity index (χ2n) is 2.93. The molecule has 1 heterocycles. The van der Waals surface area contributed by atoms with Crippen molar-refractivity contribution in [2.45, 2.75) is 0 Å². The summed E-state index contributed by atoms with van der Waals surface area (Å²) in [5.74, 6) is -0.379. The topological polar surface area (TPSA) is 70.7 Å². The van der Waals surface area contributed by atoms with Crippen LogP contribution in [-0.4, -0.2) is 21.1 Å². The number of nitrogens with one attached hydrogen (secondary N) is 2. The Hall–Kier alpha value is -1.59. The summed E-state index contributed by atoms with van der Waals surface area (Å²) in [6.45, 7) is 0. The van der Waals surface area contributed by atoms with Crippen molar-refractivity contribution in [2.24, 2.45) is 0 Å². The van der Waals surface area contributed by atoms with Crippen LogP contribution in [0.2, 0.25) is 10.0 Å². The van der Waals surface area contributed by atoms with Crippen molar-refractivity contribution in [3.05, 3.63) is 40.4 Å². The fraction of sp³-hybridized carbons (Fsp3) is 0. The summed E-state index contributed by atoms with van der Waals surface area (Å²) < 4.78 is 0. The smallest absolute Gasteiger partial charge is 0.295 e. The van der Waals surface area contributed by atoms with Crippen molar-refractivity contribution in [2.75, 3.05) is 5.32 Å². The number of benzene rings is 1. The molecule has 0 saturated carbocycles. The molecule has 0 aliphatic heterocycles. The Morgan fingerprint density at radius 1 is 1.25 bits per heavy atom. The lowest BCUT2D eigenvalue weighted by Gasteiger charge is -2.03. The van der Waals surface area contributed by atoms with Crippen LogP contribution >= 0.6 is 23.2 Å². The second kappa shape index (κ2) is 4.51. The maximum absolute atomic E-state index is 11.6. The van der Waals surface area contributed by atoms with E-state index in [0.717, 1.165) is 0 Å². The van der Waals surface area contributed by atoms with Gasteiger partial charge in [-0.05, 0) is 18.2 Å². The number of anilines is 1. The van der Waals surface area contributed by atoms with Crippen LogP contribution in [0.15, 0.2) is 24.5 Å². The Morgan fingerprint density at radius 2 is 1.94 bits per heavy atom. The highest BCUT2D eigenvalue weighted by molar-refractivity contribution is 6.35. The van der Waals surface area contributed by atoms with Crippen LogP contribution in [0.1, 0.15) is 10.6 Å². The molecule has 0 unspecified atom stereocenters. The maximum Gasteiger partial charge on any atom is 0.295 e. The minimum Gasteiger partial charge on any atom is -0.319 e. The Bertz CT molecular complexity index is 492. The summed E-state index contributed by atoms with van der Waals surface area (Å²) in [5, 5.41) is 9.55. The van der Waals surface area contributed by atoms with Crippen LogP contribution in [-0.2, 0) is 0 Å². The molecule has 2 aromatic rings. The van der Waals surface area contributed by atoms with Gasteiger partial charge in [-0.2, -0.15) is 0 Å². The maximum atomic E-state index is 11.6. The van der Waals surface area contributed by atoms with Crippen molar-refractivity contribution in [3.8, 4) is 0 Å². The molecule has 2 rings (SSSR count). The van der Waals surface area contributed by atoms with Gasteiger partial charge >= 0.3 is 0 Å². The van der Waals surface area contributed by atoms with E-state index in [1.54, 1.807) is 18.2 Å². The first-order chi connectivity index (χ1) is 7.65. The first-order valence-electron chi connectivity index (χ1n) is 4.28. The SMILES string of the molecule is O=C(Nc1cc(Cl)cc(Cl)c1)c1nc[nH]n1. The number of carbonyl (C=O) groups excluding carboxylic acids is 1. The van der Waals surface area contributed by atoms with Gasteiger partial charge in [-0.1, -0.05) is 23.2 Å². The summed E-state index contributed by atoms with van der Waals surface area (Å²) in [6.07, 6.45) is 1.32. The fourth-order valence-corrected chi connectivity index (χ4v) is 1.66. The summed E-state index contributed by atoms with van der Waals surface area (Å²) in [4.78, 5) is 15.3. The molecule has 2 N–H and O–H groups in total. The van der Waals surface area contributed by atoms with Gasteiger partial charge in [0.2, 0.25) is 5.82 Å².